The van der Waals surface area contributed by atoms with Gasteiger partial charge in [-0.2, -0.15) is 0 Å². The maximum atomic E-state index is 14.2. The van der Waals surface area contributed by atoms with E-state index in [2.05, 4.69) is 34.2 Å². The SMILES string of the molecule is CCOC(=O)Cc1ccc(-c2ccc(Cn3ccc4nc(-c5cccc(F)c5F)nc-4c3)cc2)cc1. The summed E-state index contributed by atoms with van der Waals surface area (Å²) < 4.78 is 34.7. The number of aromatic nitrogens is 3. The average Bonchev–Trinajstić information content (AvgIpc) is 3.30. The highest BCUT2D eigenvalue weighted by atomic mass is 19.2. The molecule has 0 fully saturated rings. The summed E-state index contributed by atoms with van der Waals surface area (Å²) in [5, 5.41) is 0. The molecule has 2 aliphatic rings. The number of pyridine rings is 1. The lowest BCUT2D eigenvalue weighted by Crippen LogP contribution is -2.07. The lowest BCUT2D eigenvalue weighted by atomic mass is 10.0. The molecule has 0 aliphatic carbocycles. The second kappa shape index (κ2) is 10.1. The van der Waals surface area contributed by atoms with E-state index in [0.29, 0.717) is 24.5 Å². The predicted octanol–water partition coefficient (Wildman–Crippen LogP) is 6.15. The molecular formula is C29H23F2N3O2. The Hall–Kier alpha value is -4.39. The number of esters is 1. The Morgan fingerprint density at radius 2 is 1.53 bits per heavy atom. The highest BCUT2D eigenvalue weighted by molar-refractivity contribution is 5.73. The summed E-state index contributed by atoms with van der Waals surface area (Å²) in [5.41, 5.74) is 5.42. The van der Waals surface area contributed by atoms with Crippen LogP contribution in [0.4, 0.5) is 8.78 Å². The van der Waals surface area contributed by atoms with E-state index in [9.17, 15) is 13.6 Å². The second-order valence-electron chi connectivity index (χ2n) is 8.41. The maximum absolute atomic E-state index is 14.2. The summed E-state index contributed by atoms with van der Waals surface area (Å²) in [6, 6.07) is 21.9. The number of rotatable bonds is 7. The number of nitrogens with zero attached hydrogens (tertiary/aromatic N) is 3. The van der Waals surface area contributed by atoms with Crippen LogP contribution in [0.2, 0.25) is 0 Å². The Morgan fingerprint density at radius 3 is 2.22 bits per heavy atom. The van der Waals surface area contributed by atoms with Crippen molar-refractivity contribution in [2.24, 2.45) is 0 Å². The smallest absolute Gasteiger partial charge is 0.310 e. The Bertz CT molecular complexity index is 1480. The molecule has 2 aliphatic heterocycles. The number of benzene rings is 3. The zero-order chi connectivity index (χ0) is 25.1. The summed E-state index contributed by atoms with van der Waals surface area (Å²) >= 11 is 0. The Labute approximate surface area is 207 Å². The van der Waals surface area contributed by atoms with Gasteiger partial charge in [-0.15, -0.1) is 0 Å². The van der Waals surface area contributed by atoms with Gasteiger partial charge in [0.25, 0.3) is 0 Å². The zero-order valence-electron chi connectivity index (χ0n) is 19.6. The third-order valence-electron chi connectivity index (χ3n) is 5.88. The van der Waals surface area contributed by atoms with Crippen LogP contribution in [0.25, 0.3) is 33.9 Å². The third-order valence-corrected chi connectivity index (χ3v) is 5.88. The van der Waals surface area contributed by atoms with E-state index in [1.807, 2.05) is 47.3 Å². The largest absolute Gasteiger partial charge is 0.466 e. The van der Waals surface area contributed by atoms with Gasteiger partial charge in [0, 0.05) is 18.9 Å². The van der Waals surface area contributed by atoms with Crippen LogP contribution in [0, 0.1) is 11.6 Å². The second-order valence-corrected chi connectivity index (χ2v) is 8.41. The molecule has 0 atom stereocenters. The number of hydrogen-bond acceptors (Lipinski definition) is 4. The van der Waals surface area contributed by atoms with Crippen molar-refractivity contribution in [2.75, 3.05) is 6.61 Å². The monoisotopic (exact) mass is 483 g/mol. The fourth-order valence-electron chi connectivity index (χ4n) is 4.05. The van der Waals surface area contributed by atoms with Crippen LogP contribution in [0.3, 0.4) is 0 Å². The fraction of sp³-hybridized carbons (Fsp3) is 0.138. The van der Waals surface area contributed by atoms with Crippen LogP contribution >= 0.6 is 0 Å². The van der Waals surface area contributed by atoms with Gasteiger partial charge in [0.2, 0.25) is 0 Å². The number of ether oxygens (including phenoxy) is 1. The molecule has 3 aromatic carbocycles. The number of fused-ring (bicyclic) bond motifs is 1. The molecule has 0 saturated heterocycles. The first kappa shape index (κ1) is 23.4. The van der Waals surface area contributed by atoms with Crippen molar-refractivity contribution in [1.29, 1.82) is 0 Å². The number of hydrogen-bond donors (Lipinski definition) is 0. The van der Waals surface area contributed by atoms with Gasteiger partial charge in [0.05, 0.1) is 24.3 Å². The van der Waals surface area contributed by atoms with E-state index in [1.165, 1.54) is 12.1 Å². The van der Waals surface area contributed by atoms with Crippen molar-refractivity contribution in [3.05, 3.63) is 108 Å². The van der Waals surface area contributed by atoms with E-state index in [-0.39, 0.29) is 23.8 Å². The van der Waals surface area contributed by atoms with Crippen molar-refractivity contribution < 1.29 is 18.3 Å². The lowest BCUT2D eigenvalue weighted by Gasteiger charge is -2.09. The third kappa shape index (κ3) is 5.00. The average molecular weight is 484 g/mol. The van der Waals surface area contributed by atoms with Crippen LogP contribution in [-0.4, -0.2) is 27.1 Å². The quantitative estimate of drug-likeness (QED) is 0.261. The first-order valence-electron chi connectivity index (χ1n) is 11.6. The molecule has 0 spiro atoms. The van der Waals surface area contributed by atoms with Crippen LogP contribution < -0.4 is 0 Å². The first-order chi connectivity index (χ1) is 17.5. The Kier molecular flexibility index (Phi) is 6.54. The highest BCUT2D eigenvalue weighted by Gasteiger charge is 2.17. The van der Waals surface area contributed by atoms with Gasteiger partial charge in [0.15, 0.2) is 17.5 Å². The molecule has 0 amide bonds. The van der Waals surface area contributed by atoms with Gasteiger partial charge in [-0.05, 0) is 47.4 Å². The molecule has 180 valence electrons. The fourth-order valence-corrected chi connectivity index (χ4v) is 4.05. The number of carbonyl (C=O) groups excluding carboxylic acids is 1. The van der Waals surface area contributed by atoms with E-state index in [4.69, 9.17) is 4.74 Å². The molecular weight excluding hydrogens is 460 g/mol. The van der Waals surface area contributed by atoms with E-state index in [0.717, 1.165) is 28.3 Å². The van der Waals surface area contributed by atoms with Crippen LogP contribution in [0.5, 0.6) is 0 Å². The summed E-state index contributed by atoms with van der Waals surface area (Å²) in [6.07, 6.45) is 4.00. The van der Waals surface area contributed by atoms with Gasteiger partial charge < -0.3 is 9.30 Å². The number of carbonyl (C=O) groups is 1. The van der Waals surface area contributed by atoms with E-state index < -0.39 is 11.6 Å². The molecule has 0 bridgehead atoms. The van der Waals surface area contributed by atoms with Gasteiger partial charge in [0.1, 0.15) is 5.69 Å². The normalized spacial score (nSPS) is 11.1. The molecule has 0 aromatic heterocycles. The number of halogens is 2. The molecule has 36 heavy (non-hydrogen) atoms. The lowest BCUT2D eigenvalue weighted by molar-refractivity contribution is -0.142. The van der Waals surface area contributed by atoms with E-state index in [1.54, 1.807) is 6.92 Å². The molecule has 0 saturated carbocycles. The molecule has 3 aromatic rings. The van der Waals surface area contributed by atoms with Crippen molar-refractivity contribution in [3.63, 3.8) is 0 Å². The van der Waals surface area contributed by atoms with Crippen molar-refractivity contribution in [1.82, 2.24) is 14.5 Å². The van der Waals surface area contributed by atoms with Crippen molar-refractivity contribution in [2.45, 2.75) is 19.9 Å². The first-order valence-corrected chi connectivity index (χ1v) is 11.6. The summed E-state index contributed by atoms with van der Waals surface area (Å²) in [6.45, 7) is 2.79. The number of imidazole rings is 1. The van der Waals surface area contributed by atoms with Crippen LogP contribution in [0.1, 0.15) is 18.1 Å². The van der Waals surface area contributed by atoms with Gasteiger partial charge in [-0.25, -0.2) is 18.7 Å². The highest BCUT2D eigenvalue weighted by Crippen LogP contribution is 2.28. The standard InChI is InChI=1S/C29H23F2N3O2/c1-2-36-27(35)16-19-6-10-21(11-7-19)22-12-8-20(9-13-22)17-34-15-14-25-26(18-34)33-29(32-25)23-4-3-5-24(30)28(23)31/h3-15,18H,2,16-17H2,1H3. The minimum absolute atomic E-state index is 0.0438. The van der Waals surface area contributed by atoms with E-state index >= 15 is 0 Å². The van der Waals surface area contributed by atoms with Gasteiger partial charge >= 0.3 is 5.97 Å². The minimum Gasteiger partial charge on any atom is -0.466 e. The molecule has 0 unspecified atom stereocenters. The van der Waals surface area contributed by atoms with Gasteiger partial charge in [-0.3, -0.25) is 4.79 Å². The molecule has 0 N–H and O–H groups in total. The molecule has 2 heterocycles. The summed E-state index contributed by atoms with van der Waals surface area (Å²) in [5.74, 6) is -1.94. The minimum atomic E-state index is -0.950. The molecule has 0 radical (unpaired) electrons. The van der Waals surface area contributed by atoms with Crippen molar-refractivity contribution >= 4 is 5.97 Å². The predicted molar refractivity (Wildman–Crippen MR) is 133 cm³/mol. The van der Waals surface area contributed by atoms with Crippen LogP contribution in [0.15, 0.2) is 85.2 Å². The molecule has 7 heteroatoms. The van der Waals surface area contributed by atoms with Gasteiger partial charge in [-0.1, -0.05) is 54.6 Å². The molecule has 5 rings (SSSR count). The molecule has 5 nitrogen and oxygen atoms in total. The van der Waals surface area contributed by atoms with Crippen molar-refractivity contribution in [3.8, 4) is 33.9 Å². The Balaban J connectivity index is 1.29. The topological polar surface area (TPSA) is 57.0 Å². The Morgan fingerprint density at radius 1 is 0.861 bits per heavy atom. The maximum Gasteiger partial charge on any atom is 0.310 e. The summed E-state index contributed by atoms with van der Waals surface area (Å²) in [7, 11) is 0. The van der Waals surface area contributed by atoms with Crippen LogP contribution in [-0.2, 0) is 22.5 Å². The summed E-state index contributed by atoms with van der Waals surface area (Å²) in [4.78, 5) is 20.4. The zero-order valence-corrected chi connectivity index (χ0v) is 19.6.